The van der Waals surface area contributed by atoms with Crippen LogP contribution in [0.1, 0.15) is 27.2 Å². The van der Waals surface area contributed by atoms with Crippen LogP contribution in [0.25, 0.3) is 0 Å². The Kier molecular flexibility index (Phi) is 6.61. The summed E-state index contributed by atoms with van der Waals surface area (Å²) in [4.78, 5) is 13.6. The van der Waals surface area contributed by atoms with Crippen molar-refractivity contribution < 1.29 is 4.79 Å². The Labute approximate surface area is 98.3 Å². The molecule has 88 valence electrons. The van der Waals surface area contributed by atoms with Gasteiger partial charge in [0.15, 0.2) is 0 Å². The molecule has 1 fully saturated rings. The van der Waals surface area contributed by atoms with Crippen LogP contribution in [0.3, 0.4) is 0 Å². The second-order valence-corrected chi connectivity index (χ2v) is 4.02. The SMILES string of the molecule is CC/C=C/C(=O)N1CC(C)NC(C)C1.Cl. The molecule has 0 spiro atoms. The van der Waals surface area contributed by atoms with Gasteiger partial charge in [-0.3, -0.25) is 4.79 Å². The highest BCUT2D eigenvalue weighted by Gasteiger charge is 2.22. The van der Waals surface area contributed by atoms with E-state index in [1.807, 2.05) is 17.9 Å². The minimum Gasteiger partial charge on any atom is -0.336 e. The molecule has 1 aliphatic rings. The molecule has 0 aliphatic carbocycles. The zero-order valence-corrected chi connectivity index (χ0v) is 10.5. The van der Waals surface area contributed by atoms with Gasteiger partial charge >= 0.3 is 0 Å². The fourth-order valence-electron chi connectivity index (χ4n) is 1.83. The lowest BCUT2D eigenvalue weighted by Crippen LogP contribution is -2.55. The molecule has 1 aliphatic heterocycles. The predicted molar refractivity (Wildman–Crippen MR) is 65.3 cm³/mol. The maximum atomic E-state index is 11.7. The molecular formula is C11H21ClN2O. The summed E-state index contributed by atoms with van der Waals surface area (Å²) >= 11 is 0. The highest BCUT2D eigenvalue weighted by atomic mass is 35.5. The Hall–Kier alpha value is -0.540. The van der Waals surface area contributed by atoms with Crippen molar-refractivity contribution in [1.82, 2.24) is 10.2 Å². The van der Waals surface area contributed by atoms with Crippen molar-refractivity contribution in [3.8, 4) is 0 Å². The van der Waals surface area contributed by atoms with Gasteiger partial charge < -0.3 is 10.2 Å². The number of nitrogens with zero attached hydrogens (tertiary/aromatic N) is 1. The minimum absolute atomic E-state index is 0. The molecule has 4 heteroatoms. The first kappa shape index (κ1) is 14.5. The number of amides is 1. The summed E-state index contributed by atoms with van der Waals surface area (Å²) in [5.41, 5.74) is 0. The third-order valence-corrected chi connectivity index (χ3v) is 2.37. The Bertz CT molecular complexity index is 221. The van der Waals surface area contributed by atoms with Crippen molar-refractivity contribution in [2.24, 2.45) is 0 Å². The predicted octanol–water partition coefficient (Wildman–Crippen LogP) is 1.58. The van der Waals surface area contributed by atoms with E-state index in [0.29, 0.717) is 12.1 Å². The van der Waals surface area contributed by atoms with Gasteiger partial charge in [0, 0.05) is 25.2 Å². The van der Waals surface area contributed by atoms with E-state index >= 15 is 0 Å². The van der Waals surface area contributed by atoms with Crippen LogP contribution in [0, 0.1) is 0 Å². The first-order valence-electron chi connectivity index (χ1n) is 5.35. The number of carbonyl (C=O) groups excluding carboxylic acids is 1. The van der Waals surface area contributed by atoms with Crippen LogP contribution in [0.15, 0.2) is 12.2 Å². The maximum absolute atomic E-state index is 11.7. The number of allylic oxidation sites excluding steroid dienone is 1. The number of piperazine rings is 1. The van der Waals surface area contributed by atoms with Crippen molar-refractivity contribution >= 4 is 18.3 Å². The molecule has 0 aromatic rings. The lowest BCUT2D eigenvalue weighted by molar-refractivity contribution is -0.127. The minimum atomic E-state index is 0. The lowest BCUT2D eigenvalue weighted by atomic mass is 10.1. The van der Waals surface area contributed by atoms with Gasteiger partial charge in [-0.1, -0.05) is 13.0 Å². The van der Waals surface area contributed by atoms with E-state index in [4.69, 9.17) is 0 Å². The van der Waals surface area contributed by atoms with Gasteiger partial charge in [0.2, 0.25) is 5.91 Å². The summed E-state index contributed by atoms with van der Waals surface area (Å²) in [5.74, 6) is 0.145. The second-order valence-electron chi connectivity index (χ2n) is 4.02. The highest BCUT2D eigenvalue weighted by Crippen LogP contribution is 2.04. The molecule has 3 nitrogen and oxygen atoms in total. The van der Waals surface area contributed by atoms with E-state index in [1.165, 1.54) is 0 Å². The molecule has 1 amide bonds. The quantitative estimate of drug-likeness (QED) is 0.734. The number of rotatable bonds is 2. The Balaban J connectivity index is 0.00000196. The van der Waals surface area contributed by atoms with E-state index in [2.05, 4.69) is 19.2 Å². The van der Waals surface area contributed by atoms with Crippen LogP contribution in [0.4, 0.5) is 0 Å². The standard InChI is InChI=1S/C11H20N2O.ClH/c1-4-5-6-11(14)13-7-9(2)12-10(3)8-13;/h5-6,9-10,12H,4,7-8H2,1-3H3;1H/b6-5+;. The molecule has 1 N–H and O–H groups in total. The highest BCUT2D eigenvalue weighted by molar-refractivity contribution is 5.87. The third kappa shape index (κ3) is 4.67. The van der Waals surface area contributed by atoms with Crippen molar-refractivity contribution in [3.05, 3.63) is 12.2 Å². The van der Waals surface area contributed by atoms with Crippen molar-refractivity contribution in [2.75, 3.05) is 13.1 Å². The van der Waals surface area contributed by atoms with Crippen LogP contribution < -0.4 is 5.32 Å². The smallest absolute Gasteiger partial charge is 0.246 e. The number of hydrogen-bond acceptors (Lipinski definition) is 2. The van der Waals surface area contributed by atoms with Gasteiger partial charge in [-0.2, -0.15) is 0 Å². The van der Waals surface area contributed by atoms with E-state index in [9.17, 15) is 4.79 Å². The van der Waals surface area contributed by atoms with Gasteiger partial charge in [-0.15, -0.1) is 12.4 Å². The molecule has 2 atom stereocenters. The van der Waals surface area contributed by atoms with Gasteiger partial charge in [-0.05, 0) is 26.3 Å². The summed E-state index contributed by atoms with van der Waals surface area (Å²) in [7, 11) is 0. The van der Waals surface area contributed by atoms with Gasteiger partial charge in [0.1, 0.15) is 0 Å². The molecule has 1 heterocycles. The molecule has 0 bridgehead atoms. The van der Waals surface area contributed by atoms with Crippen LogP contribution in [0.5, 0.6) is 0 Å². The maximum Gasteiger partial charge on any atom is 0.246 e. The van der Waals surface area contributed by atoms with Crippen molar-refractivity contribution in [3.63, 3.8) is 0 Å². The Morgan fingerprint density at radius 1 is 1.40 bits per heavy atom. The van der Waals surface area contributed by atoms with Crippen molar-refractivity contribution in [1.29, 1.82) is 0 Å². The summed E-state index contributed by atoms with van der Waals surface area (Å²) < 4.78 is 0. The average Bonchev–Trinajstić information content (AvgIpc) is 2.12. The van der Waals surface area contributed by atoms with E-state index in [1.54, 1.807) is 6.08 Å². The fourth-order valence-corrected chi connectivity index (χ4v) is 1.83. The van der Waals surface area contributed by atoms with E-state index in [-0.39, 0.29) is 18.3 Å². The van der Waals surface area contributed by atoms with Crippen LogP contribution in [0.2, 0.25) is 0 Å². The lowest BCUT2D eigenvalue weighted by Gasteiger charge is -2.35. The number of carbonyl (C=O) groups is 1. The van der Waals surface area contributed by atoms with E-state index in [0.717, 1.165) is 19.5 Å². The fraction of sp³-hybridized carbons (Fsp3) is 0.727. The molecule has 0 saturated carbocycles. The normalized spacial score (nSPS) is 26.5. The molecule has 0 aromatic carbocycles. The van der Waals surface area contributed by atoms with Gasteiger partial charge in [0.25, 0.3) is 0 Å². The molecule has 0 radical (unpaired) electrons. The zero-order chi connectivity index (χ0) is 10.6. The molecular weight excluding hydrogens is 212 g/mol. The van der Waals surface area contributed by atoms with Crippen LogP contribution in [-0.4, -0.2) is 36.0 Å². The molecule has 1 saturated heterocycles. The van der Waals surface area contributed by atoms with Crippen molar-refractivity contribution in [2.45, 2.75) is 39.3 Å². The Morgan fingerprint density at radius 3 is 2.40 bits per heavy atom. The molecule has 15 heavy (non-hydrogen) atoms. The second kappa shape index (κ2) is 6.85. The zero-order valence-electron chi connectivity index (χ0n) is 9.69. The first-order chi connectivity index (χ1) is 6.63. The number of halogens is 1. The molecule has 2 unspecified atom stereocenters. The topological polar surface area (TPSA) is 32.3 Å². The van der Waals surface area contributed by atoms with Crippen LogP contribution in [-0.2, 0) is 4.79 Å². The number of nitrogens with one attached hydrogen (secondary N) is 1. The average molecular weight is 233 g/mol. The van der Waals surface area contributed by atoms with Crippen LogP contribution >= 0.6 is 12.4 Å². The first-order valence-corrected chi connectivity index (χ1v) is 5.35. The van der Waals surface area contributed by atoms with Gasteiger partial charge in [0.05, 0.1) is 0 Å². The van der Waals surface area contributed by atoms with Gasteiger partial charge in [-0.25, -0.2) is 0 Å². The monoisotopic (exact) mass is 232 g/mol. The molecule has 0 aromatic heterocycles. The summed E-state index contributed by atoms with van der Waals surface area (Å²) in [6.07, 6.45) is 4.52. The molecule has 1 rings (SSSR count). The largest absolute Gasteiger partial charge is 0.336 e. The van der Waals surface area contributed by atoms with E-state index < -0.39 is 0 Å². The summed E-state index contributed by atoms with van der Waals surface area (Å²) in [5, 5.41) is 3.40. The third-order valence-electron chi connectivity index (χ3n) is 2.37. The Morgan fingerprint density at radius 2 is 1.93 bits per heavy atom. The summed E-state index contributed by atoms with van der Waals surface area (Å²) in [6, 6.07) is 0.801. The summed E-state index contributed by atoms with van der Waals surface area (Å²) in [6.45, 7) is 7.89. The number of hydrogen-bond donors (Lipinski definition) is 1.